The highest BCUT2D eigenvalue weighted by Crippen LogP contribution is 2.31. The van der Waals surface area contributed by atoms with Crippen LogP contribution in [0, 0.1) is 10.1 Å². The zero-order valence-electron chi connectivity index (χ0n) is 11.7. The molecule has 2 aromatic carbocycles. The van der Waals surface area contributed by atoms with Gasteiger partial charge < -0.3 is 9.84 Å². The van der Waals surface area contributed by atoms with E-state index in [0.29, 0.717) is 4.47 Å². The van der Waals surface area contributed by atoms with Crippen LogP contribution in [0.2, 0.25) is 0 Å². The average Bonchev–Trinajstić information content (AvgIpc) is 2.50. The van der Waals surface area contributed by atoms with Gasteiger partial charge in [-0.3, -0.25) is 14.8 Å². The smallest absolute Gasteiger partial charge is 0.312 e. The highest BCUT2D eigenvalue weighted by Gasteiger charge is 2.22. The summed E-state index contributed by atoms with van der Waals surface area (Å²) < 4.78 is 32.0. The number of nitrogens with zero attached hydrogens (tertiary/aromatic N) is 1. The van der Waals surface area contributed by atoms with Crippen molar-refractivity contribution in [2.45, 2.75) is 4.90 Å². The van der Waals surface area contributed by atoms with Crippen molar-refractivity contribution in [2.75, 3.05) is 11.8 Å². The van der Waals surface area contributed by atoms with Gasteiger partial charge in [-0.2, -0.15) is 0 Å². The Labute approximate surface area is 140 Å². The number of aromatic hydroxyl groups is 1. The van der Waals surface area contributed by atoms with Crippen molar-refractivity contribution in [3.8, 4) is 11.5 Å². The van der Waals surface area contributed by atoms with Crippen molar-refractivity contribution in [1.82, 2.24) is 0 Å². The summed E-state index contributed by atoms with van der Waals surface area (Å²) in [7, 11) is -2.78. The number of sulfonamides is 1. The number of nitrogens with one attached hydrogen (secondary N) is 1. The molecule has 2 aromatic rings. The van der Waals surface area contributed by atoms with Crippen molar-refractivity contribution < 1.29 is 23.2 Å². The van der Waals surface area contributed by atoms with E-state index in [1.807, 2.05) is 0 Å². The molecule has 0 unspecified atom stereocenters. The Balaban J connectivity index is 2.41. The average molecular weight is 403 g/mol. The first-order chi connectivity index (χ1) is 10.7. The fourth-order valence-corrected chi connectivity index (χ4v) is 3.21. The quantitative estimate of drug-likeness (QED) is 0.450. The number of rotatable bonds is 5. The Morgan fingerprint density at radius 3 is 2.52 bits per heavy atom. The fraction of sp³-hybridized carbons (Fsp3) is 0.0769. The normalized spacial score (nSPS) is 11.0. The number of benzene rings is 2. The van der Waals surface area contributed by atoms with Crippen LogP contribution >= 0.6 is 15.9 Å². The van der Waals surface area contributed by atoms with Gasteiger partial charge in [-0.1, -0.05) is 0 Å². The molecule has 0 spiro atoms. The van der Waals surface area contributed by atoms with Crippen LogP contribution in [0.3, 0.4) is 0 Å². The molecule has 122 valence electrons. The summed E-state index contributed by atoms with van der Waals surface area (Å²) >= 11 is 3.07. The third-order valence-corrected chi connectivity index (χ3v) is 4.87. The Morgan fingerprint density at radius 2 is 1.96 bits per heavy atom. The second-order valence-corrected chi connectivity index (χ2v) is 6.90. The molecule has 0 saturated carbocycles. The summed E-state index contributed by atoms with van der Waals surface area (Å²) in [5.74, 6) is -0.0886. The summed E-state index contributed by atoms with van der Waals surface area (Å²) in [6.45, 7) is 0. The molecule has 0 bridgehead atoms. The molecule has 0 heterocycles. The lowest BCUT2D eigenvalue weighted by Crippen LogP contribution is -2.13. The minimum atomic E-state index is -4.04. The number of anilines is 1. The summed E-state index contributed by atoms with van der Waals surface area (Å²) in [6.07, 6.45) is 0. The van der Waals surface area contributed by atoms with Gasteiger partial charge in [-0.05, 0) is 46.3 Å². The predicted octanol–water partition coefficient (Wildman–Crippen LogP) is 2.87. The van der Waals surface area contributed by atoms with Crippen molar-refractivity contribution in [3.05, 3.63) is 51.0 Å². The number of methoxy groups -OCH3 is 1. The second-order valence-electron chi connectivity index (χ2n) is 4.36. The molecule has 0 aliphatic heterocycles. The van der Waals surface area contributed by atoms with Gasteiger partial charge in [0.2, 0.25) is 0 Å². The van der Waals surface area contributed by atoms with E-state index in [1.165, 1.54) is 37.4 Å². The fourth-order valence-electron chi connectivity index (χ4n) is 1.76. The summed E-state index contributed by atoms with van der Waals surface area (Å²) in [5.41, 5.74) is -0.268. The Bertz CT molecular complexity index is 869. The highest BCUT2D eigenvalue weighted by molar-refractivity contribution is 9.10. The summed E-state index contributed by atoms with van der Waals surface area (Å²) in [5, 5.41) is 20.4. The third-order valence-electron chi connectivity index (χ3n) is 2.86. The molecule has 23 heavy (non-hydrogen) atoms. The molecular formula is C13H11BrN2O6S. The standard InChI is InChI=1S/C13H11BrN2O6S/c1-22-13-5-3-9(7-11(13)16(18)19)23(20,21)15-8-2-4-12(17)10(14)6-8/h2-7,15,17H,1H3. The van der Waals surface area contributed by atoms with Crippen LogP contribution < -0.4 is 9.46 Å². The minimum Gasteiger partial charge on any atom is -0.507 e. The van der Waals surface area contributed by atoms with Gasteiger partial charge >= 0.3 is 5.69 Å². The maximum absolute atomic E-state index is 12.3. The van der Waals surface area contributed by atoms with Crippen LogP contribution in [0.1, 0.15) is 0 Å². The van der Waals surface area contributed by atoms with Crippen molar-refractivity contribution >= 4 is 37.3 Å². The Kier molecular flexibility index (Phi) is 4.76. The van der Waals surface area contributed by atoms with Crippen LogP contribution in [0.5, 0.6) is 11.5 Å². The summed E-state index contributed by atoms with van der Waals surface area (Å²) in [4.78, 5) is 9.97. The zero-order valence-corrected chi connectivity index (χ0v) is 14.1. The lowest BCUT2D eigenvalue weighted by molar-refractivity contribution is -0.386. The number of phenols is 1. The van der Waals surface area contributed by atoms with E-state index in [2.05, 4.69) is 20.7 Å². The largest absolute Gasteiger partial charge is 0.507 e. The molecule has 0 aromatic heterocycles. The number of ether oxygens (including phenoxy) is 1. The van der Waals surface area contributed by atoms with Crippen LogP contribution in [0.15, 0.2) is 45.8 Å². The highest BCUT2D eigenvalue weighted by atomic mass is 79.9. The van der Waals surface area contributed by atoms with Gasteiger partial charge in [0.05, 0.1) is 27.1 Å². The van der Waals surface area contributed by atoms with Crippen LogP contribution in [-0.4, -0.2) is 25.6 Å². The number of halogens is 1. The van der Waals surface area contributed by atoms with Crippen molar-refractivity contribution in [3.63, 3.8) is 0 Å². The first-order valence-corrected chi connectivity index (χ1v) is 8.36. The first-order valence-electron chi connectivity index (χ1n) is 6.08. The lowest BCUT2D eigenvalue weighted by atomic mass is 10.3. The zero-order chi connectivity index (χ0) is 17.2. The van der Waals surface area contributed by atoms with Gasteiger partial charge in [-0.15, -0.1) is 0 Å². The molecule has 0 aliphatic rings. The second kappa shape index (κ2) is 6.42. The molecule has 10 heteroatoms. The van der Waals surface area contributed by atoms with E-state index in [0.717, 1.165) is 6.07 Å². The molecule has 0 fully saturated rings. The van der Waals surface area contributed by atoms with Gasteiger partial charge in [0.25, 0.3) is 10.0 Å². The van der Waals surface area contributed by atoms with E-state index < -0.39 is 20.6 Å². The SMILES string of the molecule is COc1ccc(S(=O)(=O)Nc2ccc(O)c(Br)c2)cc1[N+](=O)[O-]. The number of phenolic OH excluding ortho intramolecular Hbond substituents is 1. The molecule has 2 rings (SSSR count). The van der Waals surface area contributed by atoms with E-state index in [9.17, 15) is 23.6 Å². The minimum absolute atomic E-state index is 0.0404. The molecule has 0 aliphatic carbocycles. The topological polar surface area (TPSA) is 119 Å². The van der Waals surface area contributed by atoms with Crippen molar-refractivity contribution in [2.24, 2.45) is 0 Å². The van der Waals surface area contributed by atoms with E-state index in [1.54, 1.807) is 0 Å². The first kappa shape index (κ1) is 17.0. The van der Waals surface area contributed by atoms with Crippen LogP contribution in [0.4, 0.5) is 11.4 Å². The van der Waals surface area contributed by atoms with Gasteiger partial charge in [0.1, 0.15) is 5.75 Å². The Morgan fingerprint density at radius 1 is 1.26 bits per heavy atom. The molecule has 0 saturated heterocycles. The Hall–Kier alpha value is -2.33. The maximum Gasteiger partial charge on any atom is 0.312 e. The number of nitro groups is 1. The third kappa shape index (κ3) is 3.71. The molecule has 0 radical (unpaired) electrons. The molecule has 0 atom stereocenters. The predicted molar refractivity (Wildman–Crippen MR) is 86.3 cm³/mol. The number of hydrogen-bond donors (Lipinski definition) is 2. The van der Waals surface area contributed by atoms with Gasteiger partial charge in [0.15, 0.2) is 5.75 Å². The molecule has 0 amide bonds. The molecular weight excluding hydrogens is 392 g/mol. The number of nitro benzene ring substituents is 1. The molecule has 2 N–H and O–H groups in total. The monoisotopic (exact) mass is 402 g/mol. The van der Waals surface area contributed by atoms with E-state index in [4.69, 9.17) is 4.74 Å². The van der Waals surface area contributed by atoms with Gasteiger partial charge in [-0.25, -0.2) is 8.42 Å². The number of hydrogen-bond acceptors (Lipinski definition) is 6. The summed E-state index contributed by atoms with van der Waals surface area (Å²) in [6, 6.07) is 7.35. The van der Waals surface area contributed by atoms with Crippen molar-refractivity contribution in [1.29, 1.82) is 0 Å². The van der Waals surface area contributed by atoms with Crippen LogP contribution in [0.25, 0.3) is 0 Å². The maximum atomic E-state index is 12.3. The molecule has 8 nitrogen and oxygen atoms in total. The van der Waals surface area contributed by atoms with E-state index >= 15 is 0 Å². The van der Waals surface area contributed by atoms with Crippen LogP contribution in [-0.2, 0) is 10.0 Å². The van der Waals surface area contributed by atoms with E-state index in [-0.39, 0.29) is 22.1 Å². The van der Waals surface area contributed by atoms with Gasteiger partial charge in [0, 0.05) is 6.07 Å². The lowest BCUT2D eigenvalue weighted by Gasteiger charge is -2.10.